The summed E-state index contributed by atoms with van der Waals surface area (Å²) in [7, 11) is 1.54. The first-order valence-electron chi connectivity index (χ1n) is 7.01. The van der Waals surface area contributed by atoms with E-state index in [1.807, 2.05) is 0 Å². The van der Waals surface area contributed by atoms with Gasteiger partial charge in [-0.2, -0.15) is 0 Å². The van der Waals surface area contributed by atoms with Crippen molar-refractivity contribution in [3.63, 3.8) is 0 Å². The van der Waals surface area contributed by atoms with E-state index in [2.05, 4.69) is 15.9 Å². The van der Waals surface area contributed by atoms with Gasteiger partial charge in [-0.3, -0.25) is 4.79 Å². The molecule has 4 rings (SSSR count). The van der Waals surface area contributed by atoms with Gasteiger partial charge >= 0.3 is 0 Å². The summed E-state index contributed by atoms with van der Waals surface area (Å²) in [6.07, 6.45) is 1.31. The van der Waals surface area contributed by atoms with Crippen molar-refractivity contribution in [3.05, 3.63) is 45.2 Å². The van der Waals surface area contributed by atoms with Gasteiger partial charge in [0.25, 0.3) is 0 Å². The number of ether oxygens (including phenoxy) is 3. The molecular formula is C17H11BrO6. The molecule has 122 valence electrons. The van der Waals surface area contributed by atoms with Crippen LogP contribution in [0.1, 0.15) is 0 Å². The van der Waals surface area contributed by atoms with Gasteiger partial charge in [0.15, 0.2) is 11.5 Å². The van der Waals surface area contributed by atoms with Crippen LogP contribution in [0, 0.1) is 0 Å². The Hall–Kier alpha value is -2.67. The molecule has 1 aliphatic heterocycles. The van der Waals surface area contributed by atoms with Crippen LogP contribution >= 0.6 is 15.9 Å². The number of benzene rings is 2. The van der Waals surface area contributed by atoms with Gasteiger partial charge in [-0.1, -0.05) is 0 Å². The van der Waals surface area contributed by atoms with E-state index in [9.17, 15) is 9.90 Å². The van der Waals surface area contributed by atoms with E-state index in [-0.39, 0.29) is 23.5 Å². The predicted molar refractivity (Wildman–Crippen MR) is 90.0 cm³/mol. The van der Waals surface area contributed by atoms with Gasteiger partial charge in [0, 0.05) is 11.6 Å². The fraction of sp³-hybridized carbons (Fsp3) is 0.118. The summed E-state index contributed by atoms with van der Waals surface area (Å²) in [4.78, 5) is 12.8. The molecule has 0 radical (unpaired) electrons. The fourth-order valence-electron chi connectivity index (χ4n) is 2.62. The SMILES string of the molecule is COc1ccc2c(=O)c(-c3cc4c(c(Br)c3O)OCO4)coc2c1. The first-order chi connectivity index (χ1) is 11.6. The summed E-state index contributed by atoms with van der Waals surface area (Å²) >= 11 is 3.27. The van der Waals surface area contributed by atoms with Gasteiger partial charge < -0.3 is 23.7 Å². The van der Waals surface area contributed by atoms with Crippen molar-refractivity contribution < 1.29 is 23.7 Å². The van der Waals surface area contributed by atoms with Crippen LogP contribution in [0.15, 0.2) is 44.2 Å². The first-order valence-corrected chi connectivity index (χ1v) is 7.80. The molecule has 0 fully saturated rings. The average molecular weight is 391 g/mol. The maximum absolute atomic E-state index is 12.8. The fourth-order valence-corrected chi connectivity index (χ4v) is 3.14. The Kier molecular flexibility index (Phi) is 3.38. The number of aromatic hydroxyl groups is 1. The number of hydrogen-bond donors (Lipinski definition) is 1. The Morgan fingerprint density at radius 2 is 2.04 bits per heavy atom. The standard InChI is InChI=1S/C17H11BrO6/c1-21-8-2-3-9-12(4-8)22-6-11(15(9)19)10-5-13-17(24-7-23-13)14(18)16(10)20/h2-6,20H,7H2,1H3. The lowest BCUT2D eigenvalue weighted by Gasteiger charge is -2.09. The monoisotopic (exact) mass is 390 g/mol. The summed E-state index contributed by atoms with van der Waals surface area (Å²) in [6, 6.07) is 6.50. The maximum Gasteiger partial charge on any atom is 0.231 e. The normalized spacial score (nSPS) is 12.6. The van der Waals surface area contributed by atoms with E-state index in [1.165, 1.54) is 13.4 Å². The van der Waals surface area contributed by atoms with Gasteiger partial charge in [-0.25, -0.2) is 0 Å². The highest BCUT2D eigenvalue weighted by Crippen LogP contribution is 2.48. The van der Waals surface area contributed by atoms with Crippen LogP contribution in [0.25, 0.3) is 22.1 Å². The Morgan fingerprint density at radius 1 is 1.21 bits per heavy atom. The van der Waals surface area contributed by atoms with Crippen LogP contribution in [-0.2, 0) is 0 Å². The van der Waals surface area contributed by atoms with E-state index < -0.39 is 0 Å². The van der Waals surface area contributed by atoms with Crippen LogP contribution in [-0.4, -0.2) is 19.0 Å². The largest absolute Gasteiger partial charge is 0.506 e. The molecule has 2 heterocycles. The van der Waals surface area contributed by atoms with Gasteiger partial charge in [-0.15, -0.1) is 0 Å². The second-order valence-corrected chi connectivity index (χ2v) is 5.95. The third kappa shape index (κ3) is 2.12. The molecule has 0 atom stereocenters. The highest BCUT2D eigenvalue weighted by molar-refractivity contribution is 9.10. The van der Waals surface area contributed by atoms with Crippen LogP contribution in [0.3, 0.4) is 0 Å². The molecule has 6 nitrogen and oxygen atoms in total. The molecule has 0 aliphatic carbocycles. The van der Waals surface area contributed by atoms with Crippen LogP contribution in [0.4, 0.5) is 0 Å². The number of hydrogen-bond acceptors (Lipinski definition) is 6. The van der Waals surface area contributed by atoms with Crippen LogP contribution < -0.4 is 19.6 Å². The minimum absolute atomic E-state index is 0.0585. The van der Waals surface area contributed by atoms with Crippen molar-refractivity contribution in [2.45, 2.75) is 0 Å². The summed E-state index contributed by atoms with van der Waals surface area (Å²) in [6.45, 7) is 0.0585. The van der Waals surface area contributed by atoms with E-state index in [0.29, 0.717) is 38.3 Å². The minimum Gasteiger partial charge on any atom is -0.506 e. The van der Waals surface area contributed by atoms with Gasteiger partial charge in [0.05, 0.1) is 18.1 Å². The van der Waals surface area contributed by atoms with E-state index in [0.717, 1.165) is 0 Å². The lowest BCUT2D eigenvalue weighted by molar-refractivity contribution is 0.173. The molecule has 2 aromatic carbocycles. The van der Waals surface area contributed by atoms with Crippen molar-refractivity contribution in [2.24, 2.45) is 0 Å². The molecule has 0 bridgehead atoms. The molecule has 0 spiro atoms. The number of phenols is 1. The summed E-state index contributed by atoms with van der Waals surface area (Å²) in [5, 5.41) is 10.8. The van der Waals surface area contributed by atoms with Crippen LogP contribution in [0.5, 0.6) is 23.0 Å². The minimum atomic E-state index is -0.264. The van der Waals surface area contributed by atoms with E-state index >= 15 is 0 Å². The maximum atomic E-state index is 12.8. The quantitative estimate of drug-likeness (QED) is 0.719. The highest BCUT2D eigenvalue weighted by Gasteiger charge is 2.25. The zero-order valence-electron chi connectivity index (χ0n) is 12.5. The summed E-state index contributed by atoms with van der Waals surface area (Å²) < 4.78 is 21.6. The Bertz CT molecular complexity index is 1020. The van der Waals surface area contributed by atoms with Crippen molar-refractivity contribution >= 4 is 26.9 Å². The van der Waals surface area contributed by atoms with Crippen molar-refractivity contribution in [3.8, 4) is 34.1 Å². The Balaban J connectivity index is 1.96. The van der Waals surface area contributed by atoms with Gasteiger partial charge in [0.2, 0.25) is 12.2 Å². The topological polar surface area (TPSA) is 78.1 Å². The number of phenolic OH excluding ortho intramolecular Hbond substituents is 1. The molecule has 0 amide bonds. The second-order valence-electron chi connectivity index (χ2n) is 5.16. The molecular weight excluding hydrogens is 380 g/mol. The average Bonchev–Trinajstić information content (AvgIpc) is 3.07. The number of rotatable bonds is 2. The summed E-state index contributed by atoms with van der Waals surface area (Å²) in [5.41, 5.74) is 0.670. The van der Waals surface area contributed by atoms with E-state index in [4.69, 9.17) is 18.6 Å². The van der Waals surface area contributed by atoms with Crippen molar-refractivity contribution in [1.82, 2.24) is 0 Å². The highest BCUT2D eigenvalue weighted by atomic mass is 79.9. The smallest absolute Gasteiger partial charge is 0.231 e. The molecule has 1 N–H and O–H groups in total. The molecule has 24 heavy (non-hydrogen) atoms. The molecule has 1 aliphatic rings. The van der Waals surface area contributed by atoms with E-state index in [1.54, 1.807) is 24.3 Å². The molecule has 0 saturated carbocycles. The Morgan fingerprint density at radius 3 is 2.83 bits per heavy atom. The molecule has 1 aromatic heterocycles. The summed E-state index contributed by atoms with van der Waals surface area (Å²) in [5.74, 6) is 1.33. The van der Waals surface area contributed by atoms with Crippen LogP contribution in [0.2, 0.25) is 0 Å². The van der Waals surface area contributed by atoms with Gasteiger partial charge in [0.1, 0.15) is 27.8 Å². The van der Waals surface area contributed by atoms with Gasteiger partial charge in [-0.05, 0) is 34.1 Å². The third-order valence-electron chi connectivity index (χ3n) is 3.85. The van der Waals surface area contributed by atoms with Crippen molar-refractivity contribution in [2.75, 3.05) is 13.9 Å². The van der Waals surface area contributed by atoms with Crippen molar-refractivity contribution in [1.29, 1.82) is 0 Å². The molecule has 0 unspecified atom stereocenters. The molecule has 3 aromatic rings. The first kappa shape index (κ1) is 14.9. The zero-order valence-corrected chi connectivity index (χ0v) is 14.0. The molecule has 0 saturated heterocycles. The zero-order chi connectivity index (χ0) is 16.8. The lowest BCUT2D eigenvalue weighted by Crippen LogP contribution is -2.05. The number of halogens is 1. The predicted octanol–water partition coefficient (Wildman–Crippen LogP) is 3.67. The lowest BCUT2D eigenvalue weighted by atomic mass is 10.0. The second kappa shape index (κ2) is 5.45. The Labute approximate surface area is 144 Å². The third-order valence-corrected chi connectivity index (χ3v) is 4.59. The molecule has 7 heteroatoms. The number of fused-ring (bicyclic) bond motifs is 2. The number of methoxy groups -OCH3 is 1.